The van der Waals surface area contributed by atoms with Crippen molar-refractivity contribution in [3.05, 3.63) is 83.1 Å². The number of hydrogen-bond donors (Lipinski definition) is 0. The molecule has 35 heavy (non-hydrogen) atoms. The van der Waals surface area contributed by atoms with Gasteiger partial charge in [0.1, 0.15) is 0 Å². The van der Waals surface area contributed by atoms with Crippen LogP contribution in [0.25, 0.3) is 10.2 Å². The van der Waals surface area contributed by atoms with Gasteiger partial charge in [0.15, 0.2) is 15.0 Å². The fourth-order valence-corrected chi connectivity index (χ4v) is 6.22. The van der Waals surface area contributed by atoms with Crippen LogP contribution in [-0.2, 0) is 21.2 Å². The van der Waals surface area contributed by atoms with Crippen LogP contribution in [0.1, 0.15) is 43.9 Å². The van der Waals surface area contributed by atoms with E-state index in [0.717, 1.165) is 21.5 Å². The average molecular weight is 528 g/mol. The van der Waals surface area contributed by atoms with Gasteiger partial charge in [-0.3, -0.25) is 14.7 Å². The third-order valence-corrected chi connectivity index (χ3v) is 8.73. The highest BCUT2D eigenvalue weighted by Crippen LogP contribution is 2.34. The van der Waals surface area contributed by atoms with Crippen LogP contribution >= 0.6 is 22.9 Å². The molecule has 0 unspecified atom stereocenters. The first kappa shape index (κ1) is 25.3. The number of anilines is 1. The van der Waals surface area contributed by atoms with E-state index >= 15 is 0 Å². The molecule has 4 aromatic rings. The molecule has 0 aliphatic carbocycles. The standard InChI is InChI=1S/C26H26ClN3O3S2/c1-18(2)22-8-5-9-23-25(22)29-26(34-23)30(17-20-7-3-4-15-28-20)24(31)10-6-16-35(32,33)21-13-11-19(27)12-14-21/h3-5,7-9,11-15,18H,6,10,16-17H2,1-2H3. The van der Waals surface area contributed by atoms with Gasteiger partial charge in [-0.25, -0.2) is 13.4 Å². The molecule has 0 aliphatic rings. The van der Waals surface area contributed by atoms with Gasteiger partial charge < -0.3 is 0 Å². The summed E-state index contributed by atoms with van der Waals surface area (Å²) in [6.07, 6.45) is 1.96. The van der Waals surface area contributed by atoms with Crippen LogP contribution in [0.4, 0.5) is 5.13 Å². The minimum absolute atomic E-state index is 0.0760. The van der Waals surface area contributed by atoms with Gasteiger partial charge in [0.25, 0.3) is 0 Å². The number of carbonyl (C=O) groups is 1. The highest BCUT2D eigenvalue weighted by molar-refractivity contribution is 7.91. The van der Waals surface area contributed by atoms with Crippen molar-refractivity contribution in [1.29, 1.82) is 0 Å². The van der Waals surface area contributed by atoms with Crippen LogP contribution in [0.15, 0.2) is 71.8 Å². The van der Waals surface area contributed by atoms with Crippen molar-refractivity contribution in [3.8, 4) is 0 Å². The predicted octanol–water partition coefficient (Wildman–Crippen LogP) is 6.26. The molecule has 0 saturated carbocycles. The van der Waals surface area contributed by atoms with Crippen molar-refractivity contribution in [1.82, 2.24) is 9.97 Å². The lowest BCUT2D eigenvalue weighted by Gasteiger charge is -2.19. The Morgan fingerprint density at radius 1 is 1.06 bits per heavy atom. The number of fused-ring (bicyclic) bond motifs is 1. The molecule has 0 spiro atoms. The molecule has 0 saturated heterocycles. The molecule has 6 nitrogen and oxygen atoms in total. The Hall–Kier alpha value is -2.81. The fourth-order valence-electron chi connectivity index (χ4n) is 3.76. The lowest BCUT2D eigenvalue weighted by Crippen LogP contribution is -2.30. The van der Waals surface area contributed by atoms with Gasteiger partial charge in [0.05, 0.1) is 33.1 Å². The van der Waals surface area contributed by atoms with Gasteiger partial charge in [-0.05, 0) is 60.4 Å². The van der Waals surface area contributed by atoms with Crippen LogP contribution in [0.3, 0.4) is 0 Å². The van der Waals surface area contributed by atoms with E-state index in [0.29, 0.717) is 16.1 Å². The van der Waals surface area contributed by atoms with E-state index in [2.05, 4.69) is 24.9 Å². The largest absolute Gasteiger partial charge is 0.282 e. The maximum Gasteiger partial charge on any atom is 0.229 e. The van der Waals surface area contributed by atoms with Gasteiger partial charge in [-0.15, -0.1) is 0 Å². The number of para-hydroxylation sites is 1. The minimum Gasteiger partial charge on any atom is -0.282 e. The first-order valence-corrected chi connectivity index (χ1v) is 14.2. The normalized spacial score (nSPS) is 11.8. The molecule has 1 amide bonds. The molecule has 4 rings (SSSR count). The summed E-state index contributed by atoms with van der Waals surface area (Å²) in [4.78, 5) is 24.4. The van der Waals surface area contributed by atoms with Crippen molar-refractivity contribution < 1.29 is 13.2 Å². The molecule has 0 fully saturated rings. The molecule has 0 atom stereocenters. The summed E-state index contributed by atoms with van der Waals surface area (Å²) < 4.78 is 26.4. The zero-order valence-corrected chi connectivity index (χ0v) is 21.9. The van der Waals surface area contributed by atoms with Crippen molar-refractivity contribution in [3.63, 3.8) is 0 Å². The number of hydrogen-bond acceptors (Lipinski definition) is 6. The molecule has 0 N–H and O–H groups in total. The molecule has 2 aromatic carbocycles. The summed E-state index contributed by atoms with van der Waals surface area (Å²) in [6.45, 7) is 4.50. The Labute approximate surface area is 214 Å². The number of rotatable bonds is 9. The zero-order chi connectivity index (χ0) is 25.0. The summed E-state index contributed by atoms with van der Waals surface area (Å²) in [7, 11) is -3.51. The number of nitrogens with zero attached hydrogens (tertiary/aromatic N) is 3. The molecule has 0 bridgehead atoms. The molecular formula is C26H26ClN3O3S2. The monoisotopic (exact) mass is 527 g/mol. The quantitative estimate of drug-likeness (QED) is 0.257. The van der Waals surface area contributed by atoms with E-state index in [9.17, 15) is 13.2 Å². The van der Waals surface area contributed by atoms with Crippen molar-refractivity contribution in [2.75, 3.05) is 10.7 Å². The second kappa shape index (κ2) is 10.8. The van der Waals surface area contributed by atoms with Gasteiger partial charge in [0.2, 0.25) is 5.91 Å². The Kier molecular flexibility index (Phi) is 7.84. The molecule has 0 aliphatic heterocycles. The van der Waals surface area contributed by atoms with Crippen LogP contribution < -0.4 is 4.90 Å². The lowest BCUT2D eigenvalue weighted by molar-refractivity contribution is -0.118. The van der Waals surface area contributed by atoms with Crippen LogP contribution in [0, 0.1) is 0 Å². The molecule has 0 radical (unpaired) electrons. The summed E-state index contributed by atoms with van der Waals surface area (Å²) >= 11 is 7.33. The average Bonchev–Trinajstić information content (AvgIpc) is 3.27. The van der Waals surface area contributed by atoms with E-state index < -0.39 is 9.84 Å². The van der Waals surface area contributed by atoms with E-state index in [-0.39, 0.29) is 35.9 Å². The molecular weight excluding hydrogens is 502 g/mol. The van der Waals surface area contributed by atoms with Crippen molar-refractivity contribution in [2.45, 2.75) is 44.0 Å². The number of pyridine rings is 1. The van der Waals surface area contributed by atoms with Crippen LogP contribution in [-0.4, -0.2) is 30.0 Å². The summed E-state index contributed by atoms with van der Waals surface area (Å²) in [5, 5.41) is 1.06. The Balaban J connectivity index is 1.56. The van der Waals surface area contributed by atoms with E-state index in [4.69, 9.17) is 16.6 Å². The van der Waals surface area contributed by atoms with E-state index in [1.807, 2.05) is 30.3 Å². The predicted molar refractivity (Wildman–Crippen MR) is 142 cm³/mol. The Morgan fingerprint density at radius 3 is 2.51 bits per heavy atom. The second-order valence-corrected chi connectivity index (χ2v) is 12.1. The minimum atomic E-state index is -3.51. The number of aromatic nitrogens is 2. The van der Waals surface area contributed by atoms with Crippen LogP contribution in [0.5, 0.6) is 0 Å². The molecule has 182 valence electrons. The Bertz CT molecular complexity index is 1420. The topological polar surface area (TPSA) is 80.2 Å². The summed E-state index contributed by atoms with van der Waals surface area (Å²) in [5.74, 6) is -0.0198. The van der Waals surface area contributed by atoms with Gasteiger partial charge in [-0.2, -0.15) is 0 Å². The SMILES string of the molecule is CC(C)c1cccc2sc(N(Cc3ccccn3)C(=O)CCCS(=O)(=O)c3ccc(Cl)cc3)nc12. The summed E-state index contributed by atoms with van der Waals surface area (Å²) in [5.41, 5.74) is 2.76. The van der Waals surface area contributed by atoms with Crippen molar-refractivity contribution in [2.24, 2.45) is 0 Å². The fraction of sp³-hybridized carbons (Fsp3) is 0.269. The first-order chi connectivity index (χ1) is 16.7. The van der Waals surface area contributed by atoms with Crippen molar-refractivity contribution >= 4 is 54.0 Å². The van der Waals surface area contributed by atoms with Gasteiger partial charge in [0, 0.05) is 17.6 Å². The first-order valence-electron chi connectivity index (χ1n) is 11.3. The van der Waals surface area contributed by atoms with Crippen LogP contribution in [0.2, 0.25) is 5.02 Å². The highest BCUT2D eigenvalue weighted by atomic mass is 35.5. The third-order valence-electron chi connectivity index (χ3n) is 5.62. The maximum atomic E-state index is 13.4. The summed E-state index contributed by atoms with van der Waals surface area (Å²) in [6, 6.07) is 17.7. The highest BCUT2D eigenvalue weighted by Gasteiger charge is 2.23. The number of benzene rings is 2. The lowest BCUT2D eigenvalue weighted by atomic mass is 10.0. The molecule has 2 heterocycles. The second-order valence-electron chi connectivity index (χ2n) is 8.52. The van der Waals surface area contributed by atoms with Gasteiger partial charge >= 0.3 is 0 Å². The number of halogens is 1. The molecule has 2 aromatic heterocycles. The number of thiazole rings is 1. The Morgan fingerprint density at radius 2 is 1.83 bits per heavy atom. The van der Waals surface area contributed by atoms with E-state index in [1.165, 1.54) is 23.5 Å². The third kappa shape index (κ3) is 6.07. The number of sulfone groups is 1. The van der Waals surface area contributed by atoms with E-state index in [1.54, 1.807) is 23.2 Å². The maximum absolute atomic E-state index is 13.4. The zero-order valence-electron chi connectivity index (χ0n) is 19.5. The number of carbonyl (C=O) groups excluding carboxylic acids is 1. The smallest absolute Gasteiger partial charge is 0.229 e. The molecule has 9 heteroatoms. The number of amides is 1. The van der Waals surface area contributed by atoms with Gasteiger partial charge in [-0.1, -0.05) is 55.0 Å².